The zero-order valence-electron chi connectivity index (χ0n) is 31.8. The number of quaternary nitrogens is 1. The van der Waals surface area contributed by atoms with Crippen molar-refractivity contribution in [2.45, 2.75) is 122 Å². The Bertz CT molecular complexity index is 1090. The lowest BCUT2D eigenvalue weighted by molar-refractivity contribution is -0.889. The molecule has 0 aliphatic carbocycles. The number of ether oxygens (including phenoxy) is 3. The molecular weight excluding hydrogens is 630 g/mol. The van der Waals surface area contributed by atoms with Crippen molar-refractivity contribution < 1.29 is 38.2 Å². The van der Waals surface area contributed by atoms with Crippen molar-refractivity contribution in [1.29, 1.82) is 0 Å². The molecule has 0 saturated heterocycles. The Morgan fingerprint density at radius 2 is 1.06 bits per heavy atom. The molecule has 2 atom stereocenters. The van der Waals surface area contributed by atoms with E-state index < -0.39 is 18.1 Å². The van der Waals surface area contributed by atoms with Crippen LogP contribution >= 0.6 is 0 Å². The van der Waals surface area contributed by atoms with Gasteiger partial charge in [0, 0.05) is 19.3 Å². The number of rotatable bonds is 31. The second-order valence-electron chi connectivity index (χ2n) is 13.2. The number of likely N-dealkylation sites (N-methyl/N-ethyl adjacent to an activating group) is 1. The highest BCUT2D eigenvalue weighted by Gasteiger charge is 2.25. The Labute approximate surface area is 303 Å². The van der Waals surface area contributed by atoms with Gasteiger partial charge in [-0.2, -0.15) is 0 Å². The van der Waals surface area contributed by atoms with Gasteiger partial charge in [0.25, 0.3) is 0 Å². The number of carbonyl (C=O) groups is 3. The zero-order chi connectivity index (χ0) is 37.1. The average molecular weight is 698 g/mol. The molecule has 8 nitrogen and oxygen atoms in total. The van der Waals surface area contributed by atoms with Crippen LogP contribution in [0.25, 0.3) is 0 Å². The van der Waals surface area contributed by atoms with E-state index in [1.165, 1.54) is 0 Å². The molecule has 0 fully saturated rings. The summed E-state index contributed by atoms with van der Waals surface area (Å²) in [4.78, 5) is 36.6. The number of allylic oxidation sites excluding steroid dienone is 14. The molecule has 0 aromatic heterocycles. The van der Waals surface area contributed by atoms with E-state index in [9.17, 15) is 19.5 Å². The first kappa shape index (κ1) is 46.5. The summed E-state index contributed by atoms with van der Waals surface area (Å²) in [7, 11) is 5.36. The van der Waals surface area contributed by atoms with Gasteiger partial charge in [-0.1, -0.05) is 125 Å². The molecule has 0 spiro atoms. The van der Waals surface area contributed by atoms with Crippen LogP contribution in [-0.4, -0.2) is 75.5 Å². The van der Waals surface area contributed by atoms with Crippen molar-refractivity contribution in [2.24, 2.45) is 0 Å². The summed E-state index contributed by atoms with van der Waals surface area (Å²) in [5.41, 5.74) is 0. The second-order valence-corrected chi connectivity index (χ2v) is 13.2. The topological polar surface area (TPSA) is 102 Å². The van der Waals surface area contributed by atoms with E-state index in [2.05, 4.69) is 50.3 Å². The van der Waals surface area contributed by atoms with Crippen molar-refractivity contribution in [3.05, 3.63) is 85.1 Å². The minimum Gasteiger partial charge on any atom is -0.544 e. The number of carboxylic acids is 1. The normalized spacial score (nSPS) is 14.0. The van der Waals surface area contributed by atoms with Crippen molar-refractivity contribution in [1.82, 2.24) is 0 Å². The Kier molecular flexibility index (Phi) is 30.4. The van der Waals surface area contributed by atoms with Crippen LogP contribution in [0.3, 0.4) is 0 Å². The first-order valence-electron chi connectivity index (χ1n) is 18.7. The lowest BCUT2D eigenvalue weighted by Gasteiger charge is -2.34. The van der Waals surface area contributed by atoms with Crippen LogP contribution in [0.1, 0.15) is 110 Å². The molecule has 0 rings (SSSR count). The van der Waals surface area contributed by atoms with Crippen molar-refractivity contribution >= 4 is 17.9 Å². The van der Waals surface area contributed by atoms with Crippen LogP contribution in [0, 0.1) is 0 Å². The molecule has 0 saturated carbocycles. The van der Waals surface area contributed by atoms with Gasteiger partial charge in [-0.05, 0) is 51.4 Å². The maximum absolute atomic E-state index is 12.6. The van der Waals surface area contributed by atoms with Gasteiger partial charge in [0.2, 0.25) is 0 Å². The summed E-state index contributed by atoms with van der Waals surface area (Å²) in [6.45, 7) is 4.28. The largest absolute Gasteiger partial charge is 0.544 e. The van der Waals surface area contributed by atoms with E-state index in [1.54, 1.807) is 21.1 Å². The Morgan fingerprint density at radius 1 is 0.600 bits per heavy atom. The summed E-state index contributed by atoms with van der Waals surface area (Å²) >= 11 is 0. The van der Waals surface area contributed by atoms with Crippen molar-refractivity contribution in [3.8, 4) is 0 Å². The fourth-order valence-corrected chi connectivity index (χ4v) is 4.78. The van der Waals surface area contributed by atoms with E-state index in [0.717, 1.165) is 70.6 Å². The maximum atomic E-state index is 12.6. The third-order valence-corrected chi connectivity index (χ3v) is 7.68. The number of carboxylic acid groups (broad SMARTS) is 1. The molecule has 8 heteroatoms. The predicted molar refractivity (Wildman–Crippen MR) is 203 cm³/mol. The van der Waals surface area contributed by atoms with Crippen LogP contribution in [0.4, 0.5) is 0 Å². The number of nitrogens with zero attached hydrogens (tertiary/aromatic N) is 1. The van der Waals surface area contributed by atoms with E-state index in [-0.39, 0.29) is 49.1 Å². The van der Waals surface area contributed by atoms with E-state index in [0.29, 0.717) is 12.8 Å². The molecule has 50 heavy (non-hydrogen) atoms. The standard InChI is InChI=1S/C42H67NO7/c1-6-8-10-12-14-16-18-20-22-24-26-28-30-32-40(44)49-37-38(36-48-35-34-39(42(46)47)43(3,4)5)50-41(45)33-31-29-27-25-23-21-19-17-15-13-11-9-7-2/h8-19,21,23,38-39H,6-7,20,22,24-37H2,1-5H3/b10-8+,11-9+,14-12+,15-13+,18-16+,19-17+,23-21+. The van der Waals surface area contributed by atoms with Gasteiger partial charge in [-0.25, -0.2) is 0 Å². The first-order chi connectivity index (χ1) is 24.1. The number of hydrogen-bond donors (Lipinski definition) is 0. The molecule has 0 amide bonds. The number of unbranched alkanes of at least 4 members (excludes halogenated alkanes) is 8. The quantitative estimate of drug-likeness (QED) is 0.0313. The number of aliphatic carboxylic acids is 1. The van der Waals surface area contributed by atoms with Gasteiger partial charge in [-0.15, -0.1) is 0 Å². The van der Waals surface area contributed by atoms with Crippen LogP contribution in [0.5, 0.6) is 0 Å². The first-order valence-corrected chi connectivity index (χ1v) is 18.7. The van der Waals surface area contributed by atoms with Crippen molar-refractivity contribution in [3.63, 3.8) is 0 Å². The third kappa shape index (κ3) is 30.6. The Hall–Kier alpha value is -3.49. The van der Waals surface area contributed by atoms with Gasteiger partial charge in [0.15, 0.2) is 6.10 Å². The molecule has 0 radical (unpaired) electrons. The number of carbonyl (C=O) groups excluding carboxylic acids is 3. The van der Waals surface area contributed by atoms with Gasteiger partial charge in [0.1, 0.15) is 12.6 Å². The molecule has 0 heterocycles. The number of esters is 2. The van der Waals surface area contributed by atoms with E-state index in [4.69, 9.17) is 14.2 Å². The maximum Gasteiger partial charge on any atom is 0.306 e. The molecule has 0 aliphatic heterocycles. The molecular formula is C42H67NO7. The van der Waals surface area contributed by atoms with Gasteiger partial charge in [-0.3, -0.25) is 9.59 Å². The van der Waals surface area contributed by atoms with Gasteiger partial charge < -0.3 is 28.6 Å². The summed E-state index contributed by atoms with van der Waals surface area (Å²) in [5.74, 6) is -1.83. The summed E-state index contributed by atoms with van der Waals surface area (Å²) < 4.78 is 17.0. The second kappa shape index (κ2) is 32.7. The minimum atomic E-state index is -1.14. The lowest BCUT2D eigenvalue weighted by atomic mass is 10.1. The molecule has 0 N–H and O–H groups in total. The fraction of sp³-hybridized carbons (Fsp3) is 0.595. The highest BCUT2D eigenvalue weighted by Crippen LogP contribution is 2.11. The van der Waals surface area contributed by atoms with Crippen LogP contribution in [0.15, 0.2) is 85.1 Å². The molecule has 2 unspecified atom stereocenters. The van der Waals surface area contributed by atoms with Crippen molar-refractivity contribution in [2.75, 3.05) is 41.0 Å². The highest BCUT2D eigenvalue weighted by molar-refractivity contribution is 5.70. The SMILES string of the molecule is CC/C=C/C=C/C=C/C=C/CCCCCC(=O)OC(COCCC(C(=O)[O-])[N+](C)(C)C)COC(=O)CCCCCCC/C=C/C=C/C=C/CC. The summed E-state index contributed by atoms with van der Waals surface area (Å²) in [6.07, 6.45) is 40.4. The Balaban J connectivity index is 4.56. The third-order valence-electron chi connectivity index (χ3n) is 7.68. The van der Waals surface area contributed by atoms with Crippen LogP contribution < -0.4 is 5.11 Å². The zero-order valence-corrected chi connectivity index (χ0v) is 31.8. The number of hydrogen-bond acceptors (Lipinski definition) is 7. The smallest absolute Gasteiger partial charge is 0.306 e. The summed E-state index contributed by atoms with van der Waals surface area (Å²) in [6, 6.07) is -0.740. The molecule has 282 valence electrons. The lowest BCUT2D eigenvalue weighted by Crippen LogP contribution is -2.55. The van der Waals surface area contributed by atoms with E-state index in [1.807, 2.05) is 48.6 Å². The van der Waals surface area contributed by atoms with Gasteiger partial charge >= 0.3 is 11.9 Å². The molecule has 0 bridgehead atoms. The van der Waals surface area contributed by atoms with Gasteiger partial charge in [0.05, 0.1) is 40.3 Å². The average Bonchev–Trinajstić information content (AvgIpc) is 3.06. The highest BCUT2D eigenvalue weighted by atomic mass is 16.6. The van der Waals surface area contributed by atoms with Crippen LogP contribution in [0.2, 0.25) is 0 Å². The fourth-order valence-electron chi connectivity index (χ4n) is 4.78. The molecule has 0 aromatic rings. The predicted octanol–water partition coefficient (Wildman–Crippen LogP) is 8.07. The monoisotopic (exact) mass is 697 g/mol. The Morgan fingerprint density at radius 3 is 1.58 bits per heavy atom. The molecule has 0 aliphatic rings. The van der Waals surface area contributed by atoms with Crippen LogP contribution in [-0.2, 0) is 28.6 Å². The molecule has 0 aromatic carbocycles. The van der Waals surface area contributed by atoms with E-state index >= 15 is 0 Å². The minimum absolute atomic E-state index is 0.0119. The summed E-state index contributed by atoms with van der Waals surface area (Å²) in [5, 5.41) is 11.6.